The van der Waals surface area contributed by atoms with E-state index in [1.807, 2.05) is 0 Å². The van der Waals surface area contributed by atoms with E-state index in [0.29, 0.717) is 13.0 Å². The normalized spacial score (nSPS) is 20.0. The van der Waals surface area contributed by atoms with Gasteiger partial charge < -0.3 is 9.47 Å². The molecule has 0 N–H and O–H groups in total. The van der Waals surface area contributed by atoms with Gasteiger partial charge in [0.2, 0.25) is 10.0 Å². The van der Waals surface area contributed by atoms with Crippen LogP contribution in [0.3, 0.4) is 0 Å². The fourth-order valence-electron chi connectivity index (χ4n) is 2.38. The maximum Gasteiger partial charge on any atom is 0.307 e. The van der Waals surface area contributed by atoms with Gasteiger partial charge in [0.15, 0.2) is 0 Å². The lowest BCUT2D eigenvalue weighted by molar-refractivity contribution is -0.143. The lowest BCUT2D eigenvalue weighted by Crippen LogP contribution is -2.46. The Morgan fingerprint density at radius 2 is 1.95 bits per heavy atom. The Hall–Kier alpha value is -1.15. The van der Waals surface area contributed by atoms with E-state index in [4.69, 9.17) is 4.74 Å². The first kappa shape index (κ1) is 17.9. The van der Waals surface area contributed by atoms with Gasteiger partial charge in [-0.3, -0.25) is 9.59 Å². The van der Waals surface area contributed by atoms with Crippen molar-refractivity contribution in [1.82, 2.24) is 4.31 Å². The van der Waals surface area contributed by atoms with Crippen LogP contribution in [-0.2, 0) is 29.1 Å². The van der Waals surface area contributed by atoms with E-state index in [1.165, 1.54) is 11.4 Å². The molecule has 122 valence electrons. The number of carbonyl (C=O) groups is 2. The first-order chi connectivity index (χ1) is 9.90. The molecule has 8 heteroatoms. The van der Waals surface area contributed by atoms with Crippen molar-refractivity contribution in [1.29, 1.82) is 0 Å². The average molecular weight is 321 g/mol. The zero-order valence-electron chi connectivity index (χ0n) is 12.5. The summed E-state index contributed by atoms with van der Waals surface area (Å²) >= 11 is 0. The summed E-state index contributed by atoms with van der Waals surface area (Å²) in [6, 6.07) is -0.376. The van der Waals surface area contributed by atoms with Gasteiger partial charge in [0.1, 0.15) is 0 Å². The molecule has 0 aromatic rings. The fraction of sp³-hybridized carbons (Fsp3) is 0.846. The van der Waals surface area contributed by atoms with Crippen LogP contribution in [0.4, 0.5) is 0 Å². The number of sulfonamides is 1. The van der Waals surface area contributed by atoms with Crippen molar-refractivity contribution >= 4 is 22.0 Å². The van der Waals surface area contributed by atoms with Crippen LogP contribution in [0.15, 0.2) is 0 Å². The second kappa shape index (κ2) is 8.33. The SMILES string of the molecule is CCOC(=O)CCS(=O)(=O)N1CCCCC1CC(=O)OC. The summed E-state index contributed by atoms with van der Waals surface area (Å²) in [5.74, 6) is -1.24. The largest absolute Gasteiger partial charge is 0.469 e. The highest BCUT2D eigenvalue weighted by Gasteiger charge is 2.33. The molecule has 0 aromatic heterocycles. The third kappa shape index (κ3) is 5.62. The van der Waals surface area contributed by atoms with Gasteiger partial charge in [-0.15, -0.1) is 0 Å². The van der Waals surface area contributed by atoms with Crippen molar-refractivity contribution in [3.8, 4) is 0 Å². The molecule has 0 radical (unpaired) electrons. The van der Waals surface area contributed by atoms with Gasteiger partial charge in [-0.05, 0) is 19.8 Å². The standard InChI is InChI=1S/C13H23NO6S/c1-3-20-12(15)7-9-21(17,18)14-8-5-4-6-11(14)10-13(16)19-2/h11H,3-10H2,1-2H3. The predicted molar refractivity (Wildman–Crippen MR) is 76.0 cm³/mol. The highest BCUT2D eigenvalue weighted by Crippen LogP contribution is 2.23. The predicted octanol–water partition coefficient (Wildman–Crippen LogP) is 0.687. The van der Waals surface area contributed by atoms with Gasteiger partial charge in [0, 0.05) is 12.6 Å². The van der Waals surface area contributed by atoms with Crippen LogP contribution >= 0.6 is 0 Å². The molecule has 0 aromatic carbocycles. The van der Waals surface area contributed by atoms with Crippen LogP contribution in [0.1, 0.15) is 39.0 Å². The molecule has 1 heterocycles. The number of methoxy groups -OCH3 is 1. The molecular weight excluding hydrogens is 298 g/mol. The smallest absolute Gasteiger partial charge is 0.307 e. The lowest BCUT2D eigenvalue weighted by atomic mass is 10.0. The molecule has 0 aliphatic carbocycles. The molecule has 0 saturated carbocycles. The highest BCUT2D eigenvalue weighted by atomic mass is 32.2. The molecule has 1 unspecified atom stereocenters. The quantitative estimate of drug-likeness (QED) is 0.641. The summed E-state index contributed by atoms with van der Waals surface area (Å²) in [6.45, 7) is 2.28. The van der Waals surface area contributed by atoms with E-state index in [2.05, 4.69) is 4.74 Å². The molecular formula is C13H23NO6S. The zero-order chi connectivity index (χ0) is 15.9. The molecule has 1 saturated heterocycles. The minimum atomic E-state index is -3.58. The molecule has 1 atom stereocenters. The Balaban J connectivity index is 2.68. The van der Waals surface area contributed by atoms with Gasteiger partial charge in [-0.25, -0.2) is 8.42 Å². The van der Waals surface area contributed by atoms with Gasteiger partial charge in [0.05, 0.1) is 32.3 Å². The van der Waals surface area contributed by atoms with Gasteiger partial charge in [0.25, 0.3) is 0 Å². The maximum absolute atomic E-state index is 12.3. The fourth-order valence-corrected chi connectivity index (χ4v) is 4.08. The van der Waals surface area contributed by atoms with Crippen molar-refractivity contribution in [3.05, 3.63) is 0 Å². The molecule has 1 fully saturated rings. The highest BCUT2D eigenvalue weighted by molar-refractivity contribution is 7.89. The molecule has 21 heavy (non-hydrogen) atoms. The average Bonchev–Trinajstić information content (AvgIpc) is 2.46. The second-order valence-electron chi connectivity index (χ2n) is 4.91. The molecule has 0 spiro atoms. The molecule has 1 aliphatic rings. The number of piperidine rings is 1. The molecule has 1 aliphatic heterocycles. The first-order valence-corrected chi connectivity index (χ1v) is 8.73. The van der Waals surface area contributed by atoms with E-state index in [-0.39, 0.29) is 31.2 Å². The summed E-state index contributed by atoms with van der Waals surface area (Å²) in [7, 11) is -2.29. The summed E-state index contributed by atoms with van der Waals surface area (Å²) in [6.07, 6.45) is 2.16. The Morgan fingerprint density at radius 1 is 1.24 bits per heavy atom. The number of esters is 2. The monoisotopic (exact) mass is 321 g/mol. The Kier molecular flexibility index (Phi) is 7.10. The van der Waals surface area contributed by atoms with Crippen LogP contribution in [0, 0.1) is 0 Å². The minimum Gasteiger partial charge on any atom is -0.469 e. The Labute approximate surface area is 125 Å². The van der Waals surface area contributed by atoms with E-state index in [1.54, 1.807) is 6.92 Å². The topological polar surface area (TPSA) is 90.0 Å². The third-order valence-corrected chi connectivity index (χ3v) is 5.35. The second-order valence-corrected chi connectivity index (χ2v) is 6.95. The van der Waals surface area contributed by atoms with E-state index >= 15 is 0 Å². The van der Waals surface area contributed by atoms with E-state index < -0.39 is 22.0 Å². The van der Waals surface area contributed by atoms with Crippen LogP contribution in [0.5, 0.6) is 0 Å². The minimum absolute atomic E-state index is 0.0507. The van der Waals surface area contributed by atoms with Gasteiger partial charge >= 0.3 is 11.9 Å². The third-order valence-electron chi connectivity index (χ3n) is 3.43. The lowest BCUT2D eigenvalue weighted by Gasteiger charge is -2.34. The van der Waals surface area contributed by atoms with Crippen molar-refractivity contribution in [3.63, 3.8) is 0 Å². The number of rotatable bonds is 7. The molecule has 0 amide bonds. The zero-order valence-corrected chi connectivity index (χ0v) is 13.4. The molecule has 7 nitrogen and oxygen atoms in total. The number of ether oxygens (including phenoxy) is 2. The Bertz CT molecular complexity index is 461. The first-order valence-electron chi connectivity index (χ1n) is 7.12. The van der Waals surface area contributed by atoms with Crippen molar-refractivity contribution in [2.45, 2.75) is 45.1 Å². The van der Waals surface area contributed by atoms with E-state index in [0.717, 1.165) is 12.8 Å². The summed E-state index contributed by atoms with van der Waals surface area (Å²) in [5, 5.41) is 0. The molecule has 1 rings (SSSR count). The van der Waals surface area contributed by atoms with Crippen LogP contribution in [-0.4, -0.2) is 56.7 Å². The van der Waals surface area contributed by atoms with Crippen LogP contribution in [0.2, 0.25) is 0 Å². The number of hydrogen-bond donors (Lipinski definition) is 0. The number of carbonyl (C=O) groups excluding carboxylic acids is 2. The van der Waals surface area contributed by atoms with Crippen molar-refractivity contribution in [2.75, 3.05) is 26.0 Å². The van der Waals surface area contributed by atoms with Gasteiger partial charge in [-0.2, -0.15) is 4.31 Å². The summed E-state index contributed by atoms with van der Waals surface area (Å²) in [4.78, 5) is 22.7. The number of hydrogen-bond acceptors (Lipinski definition) is 6. The maximum atomic E-state index is 12.3. The summed E-state index contributed by atoms with van der Waals surface area (Å²) in [5.41, 5.74) is 0. The van der Waals surface area contributed by atoms with Crippen LogP contribution < -0.4 is 0 Å². The van der Waals surface area contributed by atoms with E-state index in [9.17, 15) is 18.0 Å². The summed E-state index contributed by atoms with van der Waals surface area (Å²) < 4.78 is 35.4. The van der Waals surface area contributed by atoms with Crippen molar-refractivity contribution < 1.29 is 27.5 Å². The molecule has 0 bridgehead atoms. The Morgan fingerprint density at radius 3 is 2.57 bits per heavy atom. The number of nitrogens with zero attached hydrogens (tertiary/aromatic N) is 1. The van der Waals surface area contributed by atoms with Crippen molar-refractivity contribution in [2.24, 2.45) is 0 Å². The van der Waals surface area contributed by atoms with Gasteiger partial charge in [-0.1, -0.05) is 6.42 Å². The van der Waals surface area contributed by atoms with Crippen LogP contribution in [0.25, 0.3) is 0 Å².